The molecule has 4 heteroatoms. The lowest BCUT2D eigenvalue weighted by atomic mass is 9.78. The summed E-state index contributed by atoms with van der Waals surface area (Å²) in [6, 6.07) is 4.08. The quantitative estimate of drug-likeness (QED) is 0.901. The molecule has 0 radical (unpaired) electrons. The fourth-order valence-electron chi connectivity index (χ4n) is 3.00. The van der Waals surface area contributed by atoms with Crippen LogP contribution < -0.4 is 5.73 Å². The Morgan fingerprint density at radius 1 is 1.37 bits per heavy atom. The van der Waals surface area contributed by atoms with Crippen molar-refractivity contribution in [2.45, 2.75) is 57.1 Å². The predicted molar refractivity (Wildman–Crippen MR) is 81.1 cm³/mol. The molecular weight excluding hydrogens is 304 g/mol. The topological polar surface area (TPSA) is 48.1 Å². The second kappa shape index (κ2) is 6.82. The lowest BCUT2D eigenvalue weighted by Gasteiger charge is -2.41. The van der Waals surface area contributed by atoms with Crippen LogP contribution in [0.2, 0.25) is 0 Å². The molecule has 0 saturated heterocycles. The van der Waals surface area contributed by atoms with Crippen molar-refractivity contribution in [3.8, 4) is 0 Å². The molecule has 0 aliphatic heterocycles. The summed E-state index contributed by atoms with van der Waals surface area (Å²) in [4.78, 5) is 4.42. The molecule has 1 aliphatic carbocycles. The van der Waals surface area contributed by atoms with Crippen molar-refractivity contribution in [2.75, 3.05) is 6.61 Å². The molecule has 3 nitrogen and oxygen atoms in total. The van der Waals surface area contributed by atoms with E-state index < -0.39 is 0 Å². The molecule has 106 valence electrons. The van der Waals surface area contributed by atoms with Gasteiger partial charge in [0, 0.05) is 35.4 Å². The number of nitrogens with zero attached hydrogens (tertiary/aromatic N) is 1. The third-order valence-electron chi connectivity index (χ3n) is 4.03. The van der Waals surface area contributed by atoms with Crippen LogP contribution in [-0.4, -0.2) is 23.2 Å². The van der Waals surface area contributed by atoms with E-state index in [2.05, 4.69) is 27.8 Å². The van der Waals surface area contributed by atoms with E-state index in [4.69, 9.17) is 10.5 Å². The van der Waals surface area contributed by atoms with Gasteiger partial charge in [-0.1, -0.05) is 19.3 Å². The van der Waals surface area contributed by atoms with E-state index in [1.54, 1.807) is 0 Å². The molecule has 0 bridgehead atoms. The molecule has 1 aromatic heterocycles. The maximum atomic E-state index is 6.46. The Bertz CT molecular complexity index is 382. The number of hydrogen-bond acceptors (Lipinski definition) is 3. The van der Waals surface area contributed by atoms with Crippen molar-refractivity contribution in [1.29, 1.82) is 0 Å². The Morgan fingerprint density at radius 2 is 2.11 bits per heavy atom. The van der Waals surface area contributed by atoms with Gasteiger partial charge in [0.25, 0.3) is 0 Å². The minimum absolute atomic E-state index is 0.0291. The summed E-state index contributed by atoms with van der Waals surface area (Å²) in [7, 11) is 0. The summed E-state index contributed by atoms with van der Waals surface area (Å²) >= 11 is 3.41. The van der Waals surface area contributed by atoms with Gasteiger partial charge in [-0.3, -0.25) is 4.98 Å². The van der Waals surface area contributed by atoms with Gasteiger partial charge in [0.15, 0.2) is 0 Å². The summed E-state index contributed by atoms with van der Waals surface area (Å²) in [6.07, 6.45) is 8.53. The average molecular weight is 327 g/mol. The molecule has 1 aliphatic rings. The molecule has 0 aromatic carbocycles. The van der Waals surface area contributed by atoms with E-state index in [1.165, 1.54) is 19.3 Å². The SMILES string of the molecule is CCOC1(C(N)Cc2ccc(Br)cn2)CCCCC1. The van der Waals surface area contributed by atoms with Crippen molar-refractivity contribution in [2.24, 2.45) is 5.73 Å². The average Bonchev–Trinajstić information content (AvgIpc) is 2.43. The minimum Gasteiger partial charge on any atom is -0.374 e. The number of pyridine rings is 1. The molecule has 0 spiro atoms. The predicted octanol–water partition coefficient (Wildman–Crippen LogP) is 3.45. The lowest BCUT2D eigenvalue weighted by Crippen LogP contribution is -2.52. The Morgan fingerprint density at radius 3 is 2.68 bits per heavy atom. The third kappa shape index (κ3) is 3.77. The fourth-order valence-corrected chi connectivity index (χ4v) is 3.23. The Kier molecular flexibility index (Phi) is 5.37. The highest BCUT2D eigenvalue weighted by Crippen LogP contribution is 2.34. The Hall–Kier alpha value is -0.450. The van der Waals surface area contributed by atoms with Crippen molar-refractivity contribution in [3.63, 3.8) is 0 Å². The Labute approximate surface area is 124 Å². The van der Waals surface area contributed by atoms with Crippen LogP contribution in [0.25, 0.3) is 0 Å². The molecule has 1 unspecified atom stereocenters. The number of nitrogens with two attached hydrogens (primary N) is 1. The highest BCUT2D eigenvalue weighted by molar-refractivity contribution is 9.10. The van der Waals surface area contributed by atoms with E-state index in [1.807, 2.05) is 18.3 Å². The van der Waals surface area contributed by atoms with Gasteiger partial charge in [0.2, 0.25) is 0 Å². The summed E-state index contributed by atoms with van der Waals surface area (Å²) in [5, 5.41) is 0. The van der Waals surface area contributed by atoms with Crippen molar-refractivity contribution < 1.29 is 4.74 Å². The number of halogens is 1. The summed E-state index contributed by atoms with van der Waals surface area (Å²) in [6.45, 7) is 2.79. The van der Waals surface area contributed by atoms with Crippen LogP contribution in [0.1, 0.15) is 44.7 Å². The largest absolute Gasteiger partial charge is 0.374 e. The zero-order valence-electron chi connectivity index (χ0n) is 11.6. The van der Waals surface area contributed by atoms with Gasteiger partial charge in [-0.2, -0.15) is 0 Å². The van der Waals surface area contributed by atoms with Crippen LogP contribution in [0.15, 0.2) is 22.8 Å². The number of rotatable bonds is 5. The zero-order valence-corrected chi connectivity index (χ0v) is 13.2. The molecule has 19 heavy (non-hydrogen) atoms. The van der Waals surface area contributed by atoms with Crippen LogP contribution in [0.4, 0.5) is 0 Å². The zero-order chi connectivity index (χ0) is 13.7. The monoisotopic (exact) mass is 326 g/mol. The van der Waals surface area contributed by atoms with Crippen molar-refractivity contribution in [3.05, 3.63) is 28.5 Å². The smallest absolute Gasteiger partial charge is 0.0836 e. The first-order valence-electron chi connectivity index (χ1n) is 7.16. The van der Waals surface area contributed by atoms with E-state index >= 15 is 0 Å². The first kappa shape index (κ1) is 14.9. The molecule has 0 amide bonds. The second-order valence-corrected chi connectivity index (χ2v) is 6.25. The number of ether oxygens (including phenoxy) is 1. The van der Waals surface area contributed by atoms with Crippen LogP contribution in [0.3, 0.4) is 0 Å². The first-order chi connectivity index (χ1) is 9.16. The van der Waals surface area contributed by atoms with Gasteiger partial charge in [0.05, 0.1) is 5.60 Å². The number of aromatic nitrogens is 1. The molecule has 1 aromatic rings. The van der Waals surface area contributed by atoms with Gasteiger partial charge in [-0.25, -0.2) is 0 Å². The van der Waals surface area contributed by atoms with Gasteiger partial charge < -0.3 is 10.5 Å². The summed E-state index contributed by atoms with van der Waals surface area (Å²) in [5.74, 6) is 0. The van der Waals surface area contributed by atoms with Crippen LogP contribution >= 0.6 is 15.9 Å². The number of hydrogen-bond donors (Lipinski definition) is 1. The lowest BCUT2D eigenvalue weighted by molar-refractivity contribution is -0.0819. The normalized spacial score (nSPS) is 20.2. The highest BCUT2D eigenvalue weighted by atomic mass is 79.9. The maximum Gasteiger partial charge on any atom is 0.0836 e. The minimum atomic E-state index is -0.137. The van der Waals surface area contributed by atoms with Crippen molar-refractivity contribution >= 4 is 15.9 Å². The highest BCUT2D eigenvalue weighted by Gasteiger charge is 2.38. The molecule has 2 rings (SSSR count). The molecule has 2 N–H and O–H groups in total. The van der Waals surface area contributed by atoms with Gasteiger partial charge in [-0.15, -0.1) is 0 Å². The Balaban J connectivity index is 2.06. The first-order valence-corrected chi connectivity index (χ1v) is 7.95. The van der Waals surface area contributed by atoms with Crippen LogP contribution in [-0.2, 0) is 11.2 Å². The third-order valence-corrected chi connectivity index (χ3v) is 4.49. The van der Waals surface area contributed by atoms with Gasteiger partial charge in [-0.05, 0) is 47.8 Å². The molecule has 1 heterocycles. The maximum absolute atomic E-state index is 6.46. The molecular formula is C15H23BrN2O. The molecule has 1 saturated carbocycles. The van der Waals surface area contributed by atoms with E-state index in [-0.39, 0.29) is 11.6 Å². The van der Waals surface area contributed by atoms with Crippen LogP contribution in [0.5, 0.6) is 0 Å². The van der Waals surface area contributed by atoms with Crippen LogP contribution in [0, 0.1) is 0 Å². The summed E-state index contributed by atoms with van der Waals surface area (Å²) < 4.78 is 7.07. The van der Waals surface area contributed by atoms with E-state index in [0.717, 1.165) is 36.0 Å². The van der Waals surface area contributed by atoms with Gasteiger partial charge >= 0.3 is 0 Å². The van der Waals surface area contributed by atoms with Crippen molar-refractivity contribution in [1.82, 2.24) is 4.98 Å². The summed E-state index contributed by atoms with van der Waals surface area (Å²) in [5.41, 5.74) is 7.37. The van der Waals surface area contributed by atoms with E-state index in [0.29, 0.717) is 0 Å². The van der Waals surface area contributed by atoms with Gasteiger partial charge in [0.1, 0.15) is 0 Å². The molecule has 1 atom stereocenters. The van der Waals surface area contributed by atoms with E-state index in [9.17, 15) is 0 Å². The standard InChI is InChI=1S/C15H23BrN2O/c1-2-19-15(8-4-3-5-9-15)14(17)10-13-7-6-12(16)11-18-13/h6-7,11,14H,2-5,8-10,17H2,1H3. The molecule has 1 fully saturated rings. The fraction of sp³-hybridized carbons (Fsp3) is 0.667. The second-order valence-electron chi connectivity index (χ2n) is 5.34.